The van der Waals surface area contributed by atoms with Crippen LogP contribution in [0.15, 0.2) is 88.8 Å². The van der Waals surface area contributed by atoms with Crippen LogP contribution in [0.25, 0.3) is 27.7 Å². The lowest BCUT2D eigenvalue weighted by molar-refractivity contribution is 0.0950. The molecule has 0 aliphatic rings. The minimum Gasteiger partial charge on any atom is -0.494 e. The number of benzene rings is 3. The summed E-state index contributed by atoms with van der Waals surface area (Å²) < 4.78 is 11.8. The SMILES string of the molecule is COc1ccc(-n2c(O)c(C=NNC(=O)c3cc(-c4ccccc4)n[nH]3)c3ccccc3c2=O)cc1OC. The number of aromatic hydroxyl groups is 1. The molecule has 190 valence electrons. The Morgan fingerprint density at radius 2 is 1.68 bits per heavy atom. The maximum Gasteiger partial charge on any atom is 0.289 e. The van der Waals surface area contributed by atoms with Crippen molar-refractivity contribution in [1.82, 2.24) is 20.2 Å². The molecule has 2 aromatic heterocycles. The molecule has 0 unspecified atom stereocenters. The van der Waals surface area contributed by atoms with Gasteiger partial charge in [0, 0.05) is 22.4 Å². The molecule has 0 radical (unpaired) electrons. The molecule has 0 aliphatic heterocycles. The summed E-state index contributed by atoms with van der Waals surface area (Å²) in [6.07, 6.45) is 1.29. The van der Waals surface area contributed by atoms with E-state index in [0.29, 0.717) is 33.7 Å². The molecule has 5 rings (SSSR count). The third kappa shape index (κ3) is 4.46. The highest BCUT2D eigenvalue weighted by Crippen LogP contribution is 2.32. The molecule has 3 aromatic carbocycles. The first-order valence-corrected chi connectivity index (χ1v) is 11.5. The van der Waals surface area contributed by atoms with Crippen molar-refractivity contribution < 1.29 is 19.4 Å². The molecule has 2 heterocycles. The molecular formula is C28H23N5O5. The second kappa shape index (κ2) is 10.3. The molecule has 0 bridgehead atoms. The third-order valence-electron chi connectivity index (χ3n) is 5.98. The molecule has 0 spiro atoms. The Labute approximate surface area is 216 Å². The number of nitrogens with zero attached hydrogens (tertiary/aromatic N) is 3. The number of rotatable bonds is 7. The van der Waals surface area contributed by atoms with Crippen LogP contribution in [0.2, 0.25) is 0 Å². The molecule has 0 fully saturated rings. The zero-order valence-corrected chi connectivity index (χ0v) is 20.5. The Kier molecular flexibility index (Phi) is 6.60. The Hall–Kier alpha value is -5.38. The van der Waals surface area contributed by atoms with E-state index in [-0.39, 0.29) is 17.1 Å². The minimum absolute atomic E-state index is 0.213. The summed E-state index contributed by atoms with van der Waals surface area (Å²) in [4.78, 5) is 26.0. The van der Waals surface area contributed by atoms with Crippen molar-refractivity contribution in [2.75, 3.05) is 14.2 Å². The van der Waals surface area contributed by atoms with Crippen molar-refractivity contribution in [2.45, 2.75) is 0 Å². The summed E-state index contributed by atoms with van der Waals surface area (Å²) >= 11 is 0. The summed E-state index contributed by atoms with van der Waals surface area (Å²) in [5.41, 5.74) is 4.30. The van der Waals surface area contributed by atoms with Gasteiger partial charge in [-0.15, -0.1) is 0 Å². The van der Waals surface area contributed by atoms with Gasteiger partial charge in [0.2, 0.25) is 5.88 Å². The van der Waals surface area contributed by atoms with E-state index in [1.54, 1.807) is 48.5 Å². The standard InChI is InChI=1S/C28H23N5O5/c1-37-24-13-12-18(14-25(24)38-2)33-27(35)20-11-7-6-10-19(20)21(28(33)36)16-29-32-26(34)23-15-22(30-31-23)17-8-4-3-5-9-17/h3-16,36H,1-2H3,(H,30,31)(H,32,34). The van der Waals surface area contributed by atoms with Crippen molar-refractivity contribution in [3.05, 3.63) is 100 Å². The van der Waals surface area contributed by atoms with Gasteiger partial charge in [0.05, 0.1) is 37.4 Å². The minimum atomic E-state index is -0.520. The second-order valence-electron chi connectivity index (χ2n) is 8.19. The van der Waals surface area contributed by atoms with Gasteiger partial charge in [0.1, 0.15) is 5.69 Å². The number of hydrogen-bond acceptors (Lipinski definition) is 7. The summed E-state index contributed by atoms with van der Waals surface area (Å²) in [7, 11) is 2.99. The molecule has 1 amide bonds. The van der Waals surface area contributed by atoms with E-state index in [9.17, 15) is 14.7 Å². The van der Waals surface area contributed by atoms with Gasteiger partial charge in [0.25, 0.3) is 11.5 Å². The number of amides is 1. The summed E-state index contributed by atoms with van der Waals surface area (Å²) in [5, 5.41) is 22.9. The van der Waals surface area contributed by atoms with Gasteiger partial charge in [-0.05, 0) is 24.3 Å². The highest BCUT2D eigenvalue weighted by molar-refractivity contribution is 6.02. The zero-order chi connectivity index (χ0) is 26.6. The molecule has 5 aromatic rings. The fraction of sp³-hybridized carbons (Fsp3) is 0.0714. The van der Waals surface area contributed by atoms with E-state index in [4.69, 9.17) is 9.47 Å². The molecule has 0 aliphatic carbocycles. The van der Waals surface area contributed by atoms with E-state index in [2.05, 4.69) is 20.7 Å². The predicted octanol–water partition coefficient (Wildman–Crippen LogP) is 3.87. The van der Waals surface area contributed by atoms with Gasteiger partial charge < -0.3 is 14.6 Å². The number of hydrazone groups is 1. The van der Waals surface area contributed by atoms with Crippen molar-refractivity contribution >= 4 is 22.9 Å². The number of pyridine rings is 1. The van der Waals surface area contributed by atoms with Crippen molar-refractivity contribution in [2.24, 2.45) is 5.10 Å². The van der Waals surface area contributed by atoms with Gasteiger partial charge in [-0.3, -0.25) is 14.7 Å². The van der Waals surface area contributed by atoms with Crippen LogP contribution in [0.4, 0.5) is 0 Å². The van der Waals surface area contributed by atoms with Crippen molar-refractivity contribution in [1.29, 1.82) is 0 Å². The fourth-order valence-corrected chi connectivity index (χ4v) is 4.10. The largest absolute Gasteiger partial charge is 0.494 e. The van der Waals surface area contributed by atoms with E-state index < -0.39 is 11.5 Å². The van der Waals surface area contributed by atoms with Gasteiger partial charge >= 0.3 is 0 Å². The van der Waals surface area contributed by atoms with E-state index in [1.165, 1.54) is 20.4 Å². The Morgan fingerprint density at radius 1 is 0.974 bits per heavy atom. The van der Waals surface area contributed by atoms with E-state index in [1.807, 2.05) is 30.3 Å². The Morgan fingerprint density at radius 3 is 2.42 bits per heavy atom. The average Bonchev–Trinajstić information content (AvgIpc) is 3.46. The number of ether oxygens (including phenoxy) is 2. The first-order valence-electron chi connectivity index (χ1n) is 11.5. The lowest BCUT2D eigenvalue weighted by Crippen LogP contribution is -2.21. The van der Waals surface area contributed by atoms with Crippen molar-refractivity contribution in [3.63, 3.8) is 0 Å². The molecule has 0 saturated heterocycles. The quantitative estimate of drug-likeness (QED) is 0.226. The highest BCUT2D eigenvalue weighted by atomic mass is 16.5. The fourth-order valence-electron chi connectivity index (χ4n) is 4.10. The molecule has 0 atom stereocenters. The van der Waals surface area contributed by atoms with E-state index >= 15 is 0 Å². The number of hydrogen-bond donors (Lipinski definition) is 3. The predicted molar refractivity (Wildman–Crippen MR) is 143 cm³/mol. The van der Waals surface area contributed by atoms with Gasteiger partial charge in [-0.1, -0.05) is 48.5 Å². The smallest absolute Gasteiger partial charge is 0.289 e. The zero-order valence-electron chi connectivity index (χ0n) is 20.5. The summed E-state index contributed by atoms with van der Waals surface area (Å²) in [6.45, 7) is 0. The average molecular weight is 510 g/mol. The summed E-state index contributed by atoms with van der Waals surface area (Å²) in [5.74, 6) is -0.00978. The van der Waals surface area contributed by atoms with Gasteiger partial charge in [-0.25, -0.2) is 9.99 Å². The normalized spacial score (nSPS) is 11.1. The first-order chi connectivity index (χ1) is 18.5. The van der Waals surface area contributed by atoms with Crippen LogP contribution in [0, 0.1) is 0 Å². The van der Waals surface area contributed by atoms with Crippen LogP contribution in [-0.2, 0) is 0 Å². The lowest BCUT2D eigenvalue weighted by Gasteiger charge is -2.15. The molecule has 10 nitrogen and oxygen atoms in total. The summed E-state index contributed by atoms with van der Waals surface area (Å²) in [6, 6.07) is 22.7. The molecule has 0 saturated carbocycles. The Bertz CT molecular complexity index is 1720. The topological polar surface area (TPSA) is 131 Å². The van der Waals surface area contributed by atoms with Crippen LogP contribution < -0.4 is 20.5 Å². The molecular weight excluding hydrogens is 486 g/mol. The highest BCUT2D eigenvalue weighted by Gasteiger charge is 2.18. The van der Waals surface area contributed by atoms with Gasteiger partial charge in [-0.2, -0.15) is 10.2 Å². The number of methoxy groups -OCH3 is 2. The number of nitrogens with one attached hydrogen (secondary N) is 2. The Balaban J connectivity index is 1.50. The molecule has 3 N–H and O–H groups in total. The number of H-pyrrole nitrogens is 1. The van der Waals surface area contributed by atoms with Crippen LogP contribution in [0.3, 0.4) is 0 Å². The lowest BCUT2D eigenvalue weighted by atomic mass is 10.1. The number of carbonyl (C=O) groups is 1. The monoisotopic (exact) mass is 509 g/mol. The number of carbonyl (C=O) groups excluding carboxylic acids is 1. The van der Waals surface area contributed by atoms with Crippen LogP contribution in [0.1, 0.15) is 16.1 Å². The first kappa shape index (κ1) is 24.3. The van der Waals surface area contributed by atoms with Crippen LogP contribution >= 0.6 is 0 Å². The number of aromatic amines is 1. The molecule has 38 heavy (non-hydrogen) atoms. The number of fused-ring (bicyclic) bond motifs is 1. The maximum absolute atomic E-state index is 13.3. The van der Waals surface area contributed by atoms with Crippen LogP contribution in [0.5, 0.6) is 17.4 Å². The number of aromatic nitrogens is 3. The van der Waals surface area contributed by atoms with Crippen molar-refractivity contribution in [3.8, 4) is 34.3 Å². The second-order valence-corrected chi connectivity index (χ2v) is 8.19. The third-order valence-corrected chi connectivity index (χ3v) is 5.98. The van der Waals surface area contributed by atoms with Crippen LogP contribution in [-0.4, -0.2) is 46.2 Å². The maximum atomic E-state index is 13.3. The molecule has 10 heteroatoms. The van der Waals surface area contributed by atoms with E-state index in [0.717, 1.165) is 10.1 Å². The van der Waals surface area contributed by atoms with Gasteiger partial charge in [0.15, 0.2) is 11.5 Å².